The lowest BCUT2D eigenvalue weighted by molar-refractivity contribution is -0.145. The first kappa shape index (κ1) is 29.5. The summed E-state index contributed by atoms with van der Waals surface area (Å²) in [5.74, 6) is 0.608. The minimum atomic E-state index is -0.210. The predicted molar refractivity (Wildman–Crippen MR) is 159 cm³/mol. The molecule has 5 rings (SSSR count). The van der Waals surface area contributed by atoms with Gasteiger partial charge in [0.05, 0.1) is 12.5 Å². The summed E-state index contributed by atoms with van der Waals surface area (Å²) in [5, 5.41) is 0. The van der Waals surface area contributed by atoms with Gasteiger partial charge in [0.15, 0.2) is 6.23 Å². The van der Waals surface area contributed by atoms with Gasteiger partial charge in [0.2, 0.25) is 0 Å². The minimum Gasteiger partial charge on any atom is -0.461 e. The van der Waals surface area contributed by atoms with Crippen molar-refractivity contribution in [3.05, 3.63) is 71.8 Å². The van der Waals surface area contributed by atoms with Crippen LogP contribution in [0, 0.1) is 5.92 Å². The molecule has 8 heteroatoms. The third-order valence-corrected chi connectivity index (χ3v) is 9.05. The summed E-state index contributed by atoms with van der Waals surface area (Å²) in [4.78, 5) is 33.7. The van der Waals surface area contributed by atoms with Crippen LogP contribution in [0.25, 0.3) is 0 Å². The molecule has 222 valence electrons. The Balaban J connectivity index is 0.992. The molecule has 3 heterocycles. The molecule has 2 aromatic rings. The lowest BCUT2D eigenvalue weighted by atomic mass is 9.90. The first-order valence-electron chi connectivity index (χ1n) is 15.4. The van der Waals surface area contributed by atoms with Crippen LogP contribution in [0.4, 0.5) is 4.79 Å². The molecule has 41 heavy (non-hydrogen) atoms. The van der Waals surface area contributed by atoms with Crippen LogP contribution in [0.3, 0.4) is 0 Å². The quantitative estimate of drug-likeness (QED) is 0.351. The number of cyclic esters (lactones) is 1. The summed E-state index contributed by atoms with van der Waals surface area (Å²) < 4.78 is 11.3. The Morgan fingerprint density at radius 2 is 1.51 bits per heavy atom. The molecule has 3 fully saturated rings. The summed E-state index contributed by atoms with van der Waals surface area (Å²) in [6, 6.07) is 20.6. The number of amides is 1. The number of ether oxygens (including phenoxy) is 2. The molecule has 0 bridgehead atoms. The van der Waals surface area contributed by atoms with Crippen LogP contribution in [0.15, 0.2) is 60.7 Å². The van der Waals surface area contributed by atoms with E-state index in [1.807, 2.05) is 42.3 Å². The van der Waals surface area contributed by atoms with Crippen LogP contribution >= 0.6 is 0 Å². The van der Waals surface area contributed by atoms with Gasteiger partial charge in [-0.2, -0.15) is 0 Å². The van der Waals surface area contributed by atoms with E-state index in [9.17, 15) is 9.59 Å². The Hall–Kier alpha value is -2.94. The van der Waals surface area contributed by atoms with Crippen LogP contribution in [-0.2, 0) is 27.4 Å². The van der Waals surface area contributed by atoms with E-state index in [1.54, 1.807) is 0 Å². The zero-order valence-electron chi connectivity index (χ0n) is 24.5. The molecule has 3 aliphatic heterocycles. The number of carbonyl (C=O) groups is 2. The highest BCUT2D eigenvalue weighted by Gasteiger charge is 2.43. The van der Waals surface area contributed by atoms with Crippen molar-refractivity contribution in [2.24, 2.45) is 5.92 Å². The lowest BCUT2D eigenvalue weighted by Crippen LogP contribution is -2.54. The second-order valence-corrected chi connectivity index (χ2v) is 11.9. The molecule has 0 aromatic heterocycles. The maximum Gasteiger partial charge on any atom is 0.411 e. The van der Waals surface area contributed by atoms with Crippen molar-refractivity contribution < 1.29 is 19.1 Å². The number of benzene rings is 2. The van der Waals surface area contributed by atoms with E-state index in [-0.39, 0.29) is 24.3 Å². The van der Waals surface area contributed by atoms with Gasteiger partial charge >= 0.3 is 12.1 Å². The SMILES string of the molecule is CN1C(=O)OC(N2CCN(CCC(=O)OCc3ccccc3)CC2)C1CCCC1CCN(Cc2ccccc2)CC1. The van der Waals surface area contributed by atoms with Gasteiger partial charge in [-0.3, -0.25) is 14.6 Å². The number of hydrogen-bond donors (Lipinski definition) is 0. The molecule has 8 nitrogen and oxygen atoms in total. The van der Waals surface area contributed by atoms with E-state index in [2.05, 4.69) is 45.0 Å². The number of nitrogens with zero attached hydrogens (tertiary/aromatic N) is 4. The molecule has 1 amide bonds. The van der Waals surface area contributed by atoms with Crippen molar-refractivity contribution in [2.75, 3.05) is 52.9 Å². The van der Waals surface area contributed by atoms with Crippen LogP contribution in [0.2, 0.25) is 0 Å². The number of carbonyl (C=O) groups excluding carboxylic acids is 2. The maximum atomic E-state index is 12.5. The fraction of sp³-hybridized carbons (Fsp3) is 0.576. The maximum absolute atomic E-state index is 12.5. The van der Waals surface area contributed by atoms with Gasteiger partial charge in [0.25, 0.3) is 0 Å². The Morgan fingerprint density at radius 3 is 2.20 bits per heavy atom. The zero-order chi connectivity index (χ0) is 28.4. The van der Waals surface area contributed by atoms with Crippen molar-refractivity contribution in [3.8, 4) is 0 Å². The number of piperazine rings is 1. The Kier molecular flexibility index (Phi) is 10.7. The molecule has 3 aliphatic rings. The standard InChI is InChI=1S/C33H46N4O4/c1-34-30(14-8-13-27-15-18-36(19-16-27)25-28-9-4-2-5-10-28)32(41-33(34)39)37-23-21-35(22-24-37)20-17-31(38)40-26-29-11-6-3-7-12-29/h2-7,9-12,27,30,32H,8,13-26H2,1H3. The van der Waals surface area contributed by atoms with Crippen molar-refractivity contribution in [1.82, 2.24) is 19.6 Å². The Bertz CT molecular complexity index is 1080. The van der Waals surface area contributed by atoms with E-state index in [0.29, 0.717) is 19.6 Å². The fourth-order valence-electron chi connectivity index (χ4n) is 6.44. The van der Waals surface area contributed by atoms with E-state index >= 15 is 0 Å². The normalized spacial score (nSPS) is 23.0. The number of rotatable bonds is 12. The van der Waals surface area contributed by atoms with Gasteiger partial charge in [-0.25, -0.2) is 4.79 Å². The Morgan fingerprint density at radius 1 is 0.854 bits per heavy atom. The number of piperidine rings is 1. The van der Waals surface area contributed by atoms with E-state index in [4.69, 9.17) is 9.47 Å². The van der Waals surface area contributed by atoms with Crippen molar-refractivity contribution in [3.63, 3.8) is 0 Å². The molecule has 0 radical (unpaired) electrons. The zero-order valence-corrected chi connectivity index (χ0v) is 24.5. The van der Waals surface area contributed by atoms with Gasteiger partial charge in [-0.1, -0.05) is 73.5 Å². The van der Waals surface area contributed by atoms with Crippen molar-refractivity contribution in [2.45, 2.75) is 63.9 Å². The first-order valence-corrected chi connectivity index (χ1v) is 15.4. The average Bonchev–Trinajstić information content (AvgIpc) is 3.30. The number of esters is 1. The highest BCUT2D eigenvalue weighted by atomic mass is 16.6. The smallest absolute Gasteiger partial charge is 0.411 e. The summed E-state index contributed by atoms with van der Waals surface area (Å²) in [5.41, 5.74) is 2.40. The monoisotopic (exact) mass is 562 g/mol. The van der Waals surface area contributed by atoms with Crippen LogP contribution in [0.1, 0.15) is 49.7 Å². The molecule has 0 aliphatic carbocycles. The van der Waals surface area contributed by atoms with Crippen molar-refractivity contribution in [1.29, 1.82) is 0 Å². The summed E-state index contributed by atoms with van der Waals surface area (Å²) in [7, 11) is 1.88. The van der Waals surface area contributed by atoms with Gasteiger partial charge in [-0.05, 0) is 49.4 Å². The second-order valence-electron chi connectivity index (χ2n) is 11.9. The van der Waals surface area contributed by atoms with Gasteiger partial charge in [0, 0.05) is 46.3 Å². The first-order chi connectivity index (χ1) is 20.0. The minimum absolute atomic E-state index is 0.0974. The van der Waals surface area contributed by atoms with Crippen LogP contribution in [-0.4, -0.2) is 96.8 Å². The summed E-state index contributed by atoms with van der Waals surface area (Å²) in [6.45, 7) is 7.79. The molecule has 2 unspecified atom stereocenters. The fourth-order valence-corrected chi connectivity index (χ4v) is 6.44. The molecule has 2 aromatic carbocycles. The highest BCUT2D eigenvalue weighted by molar-refractivity contribution is 5.70. The third-order valence-electron chi connectivity index (χ3n) is 9.05. The number of likely N-dealkylation sites (N-methyl/N-ethyl adjacent to an activating group) is 1. The molecule has 0 spiro atoms. The van der Waals surface area contributed by atoms with Gasteiger partial charge in [0.1, 0.15) is 6.61 Å². The van der Waals surface area contributed by atoms with E-state index in [0.717, 1.165) is 57.0 Å². The highest BCUT2D eigenvalue weighted by Crippen LogP contribution is 2.29. The largest absolute Gasteiger partial charge is 0.461 e. The van der Waals surface area contributed by atoms with Gasteiger partial charge < -0.3 is 19.3 Å². The molecular weight excluding hydrogens is 516 g/mol. The molecule has 3 saturated heterocycles. The average molecular weight is 563 g/mol. The summed E-state index contributed by atoms with van der Waals surface area (Å²) >= 11 is 0. The predicted octanol–water partition coefficient (Wildman–Crippen LogP) is 4.60. The lowest BCUT2D eigenvalue weighted by Gasteiger charge is -2.38. The van der Waals surface area contributed by atoms with E-state index in [1.165, 1.54) is 37.9 Å². The second kappa shape index (κ2) is 14.8. The third kappa shape index (κ3) is 8.53. The van der Waals surface area contributed by atoms with Crippen LogP contribution in [0.5, 0.6) is 0 Å². The molecule has 2 atom stereocenters. The molecule has 0 saturated carbocycles. The van der Waals surface area contributed by atoms with E-state index < -0.39 is 0 Å². The molecule has 0 N–H and O–H groups in total. The topological polar surface area (TPSA) is 65.6 Å². The Labute approximate surface area is 245 Å². The number of hydrogen-bond acceptors (Lipinski definition) is 7. The number of likely N-dealkylation sites (tertiary alicyclic amines) is 1. The van der Waals surface area contributed by atoms with Crippen molar-refractivity contribution >= 4 is 12.1 Å². The van der Waals surface area contributed by atoms with Gasteiger partial charge in [-0.15, -0.1) is 0 Å². The molecular formula is C33H46N4O4. The van der Waals surface area contributed by atoms with Crippen LogP contribution < -0.4 is 0 Å². The summed E-state index contributed by atoms with van der Waals surface area (Å²) in [6.07, 6.45) is 5.83.